The second-order valence-corrected chi connectivity index (χ2v) is 6.94. The van der Waals surface area contributed by atoms with E-state index in [0.29, 0.717) is 6.54 Å². The Balaban J connectivity index is 1.55. The van der Waals surface area contributed by atoms with Gasteiger partial charge in [-0.15, -0.1) is 0 Å². The van der Waals surface area contributed by atoms with Crippen molar-refractivity contribution in [2.75, 3.05) is 13.1 Å². The second-order valence-electron chi connectivity index (χ2n) is 6.94. The monoisotopic (exact) mass is 325 g/mol. The topological polar surface area (TPSA) is 59.2 Å². The largest absolute Gasteiger partial charge is 0.465 e. The van der Waals surface area contributed by atoms with Gasteiger partial charge in [-0.2, -0.15) is 0 Å². The Bertz CT molecular complexity index is 781. The van der Waals surface area contributed by atoms with Crippen LogP contribution in [0.5, 0.6) is 0 Å². The molecule has 1 aliphatic carbocycles. The van der Waals surface area contributed by atoms with Crippen LogP contribution in [-0.2, 0) is 12.8 Å². The van der Waals surface area contributed by atoms with Crippen molar-refractivity contribution in [1.82, 2.24) is 14.9 Å². The number of hydrogen-bond donors (Lipinski definition) is 0. The number of aromatic nitrogens is 2. The van der Waals surface area contributed by atoms with Crippen molar-refractivity contribution in [3.8, 4) is 0 Å². The van der Waals surface area contributed by atoms with Crippen LogP contribution >= 0.6 is 0 Å². The number of fused-ring (bicyclic) bond motifs is 1. The van der Waals surface area contributed by atoms with Crippen LogP contribution in [0.1, 0.15) is 64.1 Å². The number of hydrogen-bond acceptors (Lipinski definition) is 4. The molecule has 0 bridgehead atoms. The van der Waals surface area contributed by atoms with E-state index >= 15 is 0 Å². The van der Waals surface area contributed by atoms with Crippen molar-refractivity contribution in [2.45, 2.75) is 51.9 Å². The van der Waals surface area contributed by atoms with Crippen LogP contribution in [0, 0.1) is 13.8 Å². The third kappa shape index (κ3) is 2.62. The smallest absolute Gasteiger partial charge is 0.257 e. The van der Waals surface area contributed by atoms with Crippen LogP contribution in [-0.4, -0.2) is 33.9 Å². The highest BCUT2D eigenvalue weighted by Crippen LogP contribution is 2.32. The number of rotatable bonds is 2. The standard InChI is InChI=1S/C19H23N3O2/c1-12-7-9-20-18(21-12)14-8-10-22(11-14)19(23)17-13(2)24-16-6-4-3-5-15(16)17/h7,9,14H,3-6,8,10-11H2,1-2H3. The van der Waals surface area contributed by atoms with E-state index in [1.165, 1.54) is 0 Å². The molecule has 5 heteroatoms. The van der Waals surface area contributed by atoms with Gasteiger partial charge in [-0.3, -0.25) is 4.79 Å². The first-order valence-corrected chi connectivity index (χ1v) is 8.83. The van der Waals surface area contributed by atoms with Crippen molar-refractivity contribution >= 4 is 5.91 Å². The van der Waals surface area contributed by atoms with Gasteiger partial charge in [0.1, 0.15) is 17.3 Å². The molecular formula is C19H23N3O2. The Morgan fingerprint density at radius 1 is 1.29 bits per heavy atom. The lowest BCUT2D eigenvalue weighted by atomic mass is 9.94. The Kier molecular flexibility index (Phi) is 3.87. The number of amides is 1. The summed E-state index contributed by atoms with van der Waals surface area (Å²) in [5, 5.41) is 0. The quantitative estimate of drug-likeness (QED) is 0.851. The van der Waals surface area contributed by atoms with E-state index in [-0.39, 0.29) is 11.8 Å². The summed E-state index contributed by atoms with van der Waals surface area (Å²) in [6.45, 7) is 5.36. The minimum absolute atomic E-state index is 0.120. The molecule has 1 amide bonds. The van der Waals surface area contributed by atoms with E-state index in [1.54, 1.807) is 6.20 Å². The molecule has 0 aromatic carbocycles. The number of nitrogens with zero attached hydrogens (tertiary/aromatic N) is 3. The predicted octanol–water partition coefficient (Wildman–Crippen LogP) is 3.19. The molecule has 1 aliphatic heterocycles. The molecule has 2 aromatic rings. The van der Waals surface area contributed by atoms with E-state index in [1.807, 2.05) is 24.8 Å². The van der Waals surface area contributed by atoms with Crippen LogP contribution < -0.4 is 0 Å². The lowest BCUT2D eigenvalue weighted by Gasteiger charge is -2.18. The first-order chi connectivity index (χ1) is 11.6. The SMILES string of the molecule is Cc1ccnc(C2CCN(C(=O)c3c(C)oc4c3CCCC4)C2)n1. The molecule has 2 aliphatic rings. The minimum atomic E-state index is 0.120. The third-order valence-electron chi connectivity index (χ3n) is 5.22. The summed E-state index contributed by atoms with van der Waals surface area (Å²) in [5.41, 5.74) is 2.94. The first kappa shape index (κ1) is 15.4. The predicted molar refractivity (Wildman–Crippen MR) is 90.1 cm³/mol. The van der Waals surface area contributed by atoms with Crippen molar-refractivity contribution in [3.05, 3.63) is 46.4 Å². The summed E-state index contributed by atoms with van der Waals surface area (Å²) in [6, 6.07) is 1.91. The molecule has 1 atom stereocenters. The van der Waals surface area contributed by atoms with E-state index in [0.717, 1.165) is 72.8 Å². The molecule has 0 N–H and O–H groups in total. The molecule has 1 saturated heterocycles. The van der Waals surface area contributed by atoms with Gasteiger partial charge in [-0.1, -0.05) is 0 Å². The number of carbonyl (C=O) groups excluding carboxylic acids is 1. The summed E-state index contributed by atoms with van der Waals surface area (Å²) >= 11 is 0. The molecule has 0 saturated carbocycles. The normalized spacial score (nSPS) is 20.2. The summed E-state index contributed by atoms with van der Waals surface area (Å²) < 4.78 is 5.87. The Labute approximate surface area is 142 Å². The van der Waals surface area contributed by atoms with Gasteiger partial charge in [-0.05, 0) is 45.6 Å². The fourth-order valence-corrected chi connectivity index (χ4v) is 3.96. The van der Waals surface area contributed by atoms with Gasteiger partial charge >= 0.3 is 0 Å². The van der Waals surface area contributed by atoms with Crippen molar-refractivity contribution in [2.24, 2.45) is 0 Å². The zero-order valence-corrected chi connectivity index (χ0v) is 14.3. The summed E-state index contributed by atoms with van der Waals surface area (Å²) in [5.74, 6) is 3.02. The van der Waals surface area contributed by atoms with Gasteiger partial charge in [0.2, 0.25) is 0 Å². The zero-order chi connectivity index (χ0) is 16.7. The number of carbonyl (C=O) groups is 1. The Morgan fingerprint density at radius 3 is 2.96 bits per heavy atom. The van der Waals surface area contributed by atoms with Gasteiger partial charge in [-0.25, -0.2) is 9.97 Å². The van der Waals surface area contributed by atoms with E-state index in [2.05, 4.69) is 9.97 Å². The highest BCUT2D eigenvalue weighted by Gasteiger charge is 2.33. The van der Waals surface area contributed by atoms with E-state index < -0.39 is 0 Å². The summed E-state index contributed by atoms with van der Waals surface area (Å²) in [4.78, 5) is 23.9. The van der Waals surface area contributed by atoms with E-state index in [4.69, 9.17) is 4.42 Å². The molecule has 4 rings (SSSR count). The van der Waals surface area contributed by atoms with Crippen molar-refractivity contribution < 1.29 is 9.21 Å². The second kappa shape index (κ2) is 6.04. The average Bonchev–Trinajstić information content (AvgIpc) is 3.18. The van der Waals surface area contributed by atoms with Crippen LogP contribution in [0.25, 0.3) is 0 Å². The highest BCUT2D eigenvalue weighted by atomic mass is 16.3. The average molecular weight is 325 g/mol. The van der Waals surface area contributed by atoms with Gasteiger partial charge in [0.05, 0.1) is 5.56 Å². The molecular weight excluding hydrogens is 302 g/mol. The fraction of sp³-hybridized carbons (Fsp3) is 0.526. The molecule has 1 unspecified atom stereocenters. The van der Waals surface area contributed by atoms with Crippen LogP contribution in [0.2, 0.25) is 0 Å². The van der Waals surface area contributed by atoms with Crippen molar-refractivity contribution in [1.29, 1.82) is 0 Å². The lowest BCUT2D eigenvalue weighted by molar-refractivity contribution is 0.0788. The molecule has 126 valence electrons. The first-order valence-electron chi connectivity index (χ1n) is 8.83. The summed E-state index contributed by atoms with van der Waals surface area (Å²) in [6.07, 6.45) is 6.96. The van der Waals surface area contributed by atoms with E-state index in [9.17, 15) is 4.79 Å². The maximum absolute atomic E-state index is 13.1. The maximum atomic E-state index is 13.1. The number of furan rings is 1. The number of aryl methyl sites for hydroxylation is 3. The number of likely N-dealkylation sites (tertiary alicyclic amines) is 1. The molecule has 0 spiro atoms. The lowest BCUT2D eigenvalue weighted by Crippen LogP contribution is -2.29. The van der Waals surface area contributed by atoms with Crippen LogP contribution in [0.4, 0.5) is 0 Å². The minimum Gasteiger partial charge on any atom is -0.465 e. The third-order valence-corrected chi connectivity index (χ3v) is 5.22. The summed E-state index contributed by atoms with van der Waals surface area (Å²) in [7, 11) is 0. The molecule has 2 aromatic heterocycles. The van der Waals surface area contributed by atoms with Crippen LogP contribution in [0.15, 0.2) is 16.7 Å². The van der Waals surface area contributed by atoms with Gasteiger partial charge in [0.25, 0.3) is 5.91 Å². The fourth-order valence-electron chi connectivity index (χ4n) is 3.96. The zero-order valence-electron chi connectivity index (χ0n) is 14.3. The van der Waals surface area contributed by atoms with Gasteiger partial charge in [0.15, 0.2) is 0 Å². The molecule has 0 radical (unpaired) electrons. The molecule has 3 heterocycles. The highest BCUT2D eigenvalue weighted by molar-refractivity contribution is 5.97. The molecule has 5 nitrogen and oxygen atoms in total. The Hall–Kier alpha value is -2.17. The van der Waals surface area contributed by atoms with Gasteiger partial charge < -0.3 is 9.32 Å². The van der Waals surface area contributed by atoms with Crippen molar-refractivity contribution in [3.63, 3.8) is 0 Å². The Morgan fingerprint density at radius 2 is 2.12 bits per heavy atom. The molecule has 1 fully saturated rings. The van der Waals surface area contributed by atoms with Crippen LogP contribution in [0.3, 0.4) is 0 Å². The van der Waals surface area contributed by atoms with Gasteiger partial charge in [0, 0.05) is 42.9 Å². The maximum Gasteiger partial charge on any atom is 0.257 e. The molecule has 24 heavy (non-hydrogen) atoms.